The molecule has 0 amide bonds. The molecule has 0 spiro atoms. The van der Waals surface area contributed by atoms with Crippen molar-refractivity contribution >= 4 is 75.8 Å². The Balaban J connectivity index is 0.923. The molecule has 0 aliphatic rings. The number of pyridine rings is 3. The molecule has 0 radical (unpaired) electrons. The van der Waals surface area contributed by atoms with Gasteiger partial charge in [0.25, 0.3) is 0 Å². The minimum absolute atomic E-state index is 0.916. The van der Waals surface area contributed by atoms with Crippen LogP contribution in [0.5, 0.6) is 0 Å². The van der Waals surface area contributed by atoms with Gasteiger partial charge < -0.3 is 0 Å². The van der Waals surface area contributed by atoms with Gasteiger partial charge >= 0.3 is 0 Å². The molecule has 12 rings (SSSR count). The quantitative estimate of drug-likeness (QED) is 0.169. The zero-order valence-electron chi connectivity index (χ0n) is 31.4. The molecule has 58 heavy (non-hydrogen) atoms. The van der Waals surface area contributed by atoms with Crippen LogP contribution >= 0.6 is 0 Å². The van der Waals surface area contributed by atoms with Crippen LogP contribution in [0.1, 0.15) is 0 Å². The van der Waals surface area contributed by atoms with Crippen LogP contribution in [-0.2, 0) is 0 Å². The number of nitrogens with zero attached hydrogens (tertiary/aromatic N) is 3. The molecule has 12 aromatic rings. The van der Waals surface area contributed by atoms with E-state index >= 15 is 0 Å². The zero-order chi connectivity index (χ0) is 38.2. The largest absolute Gasteiger partial charge is 0.253 e. The highest BCUT2D eigenvalue weighted by Gasteiger charge is 2.17. The molecular formula is C55H33N3. The first kappa shape index (κ1) is 32.5. The average molecular weight is 736 g/mol. The molecule has 3 aromatic heterocycles. The van der Waals surface area contributed by atoms with Crippen molar-refractivity contribution in [2.24, 2.45) is 0 Å². The van der Waals surface area contributed by atoms with Crippen molar-refractivity contribution in [1.82, 2.24) is 15.0 Å². The van der Waals surface area contributed by atoms with Gasteiger partial charge in [0.1, 0.15) is 0 Å². The molecule has 0 saturated carbocycles. The summed E-state index contributed by atoms with van der Waals surface area (Å²) in [6.45, 7) is 0. The van der Waals surface area contributed by atoms with Gasteiger partial charge in [-0.25, -0.2) is 9.97 Å². The number of rotatable bonds is 4. The number of benzene rings is 9. The highest BCUT2D eigenvalue weighted by Crippen LogP contribution is 2.41. The molecule has 0 aliphatic heterocycles. The second kappa shape index (κ2) is 12.9. The normalized spacial score (nSPS) is 11.8. The third-order valence-electron chi connectivity index (χ3n) is 11.8. The summed E-state index contributed by atoms with van der Waals surface area (Å²) in [5.74, 6) is 0. The Kier molecular flexibility index (Phi) is 7.23. The lowest BCUT2D eigenvalue weighted by Gasteiger charge is -2.15. The van der Waals surface area contributed by atoms with Crippen molar-refractivity contribution < 1.29 is 0 Å². The molecule has 3 nitrogen and oxygen atoms in total. The van der Waals surface area contributed by atoms with E-state index in [4.69, 9.17) is 15.0 Å². The highest BCUT2D eigenvalue weighted by molar-refractivity contribution is 6.31. The van der Waals surface area contributed by atoms with E-state index in [1.807, 2.05) is 12.3 Å². The molecule has 9 aromatic carbocycles. The standard InChI is InChI=1S/C55H33N3/c1-2-10-34(11-3-1)43-32-41-27-24-38-28-29-50(57-54(38)53(41)56-33-43)40-26-21-36-20-25-39(30-42(36)31-40)35-18-22-37(23-19-35)52-49-17-9-7-15-47(49)51-46-14-6-4-12-44(46)45-13-5-8-16-48(45)55(51)58-52/h1-33H. The molecule has 0 atom stereocenters. The van der Waals surface area contributed by atoms with Crippen molar-refractivity contribution in [3.63, 3.8) is 0 Å². The van der Waals surface area contributed by atoms with Crippen molar-refractivity contribution in [3.05, 3.63) is 200 Å². The van der Waals surface area contributed by atoms with E-state index in [0.717, 1.165) is 71.9 Å². The van der Waals surface area contributed by atoms with Gasteiger partial charge in [-0.05, 0) is 73.3 Å². The van der Waals surface area contributed by atoms with E-state index < -0.39 is 0 Å². The van der Waals surface area contributed by atoms with E-state index in [0.29, 0.717) is 0 Å². The number of hydrogen-bond donors (Lipinski definition) is 0. The van der Waals surface area contributed by atoms with Crippen molar-refractivity contribution in [2.75, 3.05) is 0 Å². The Hall–Kier alpha value is -7.75. The van der Waals surface area contributed by atoms with Crippen LogP contribution in [-0.4, -0.2) is 15.0 Å². The van der Waals surface area contributed by atoms with Crippen molar-refractivity contribution in [1.29, 1.82) is 0 Å². The van der Waals surface area contributed by atoms with Crippen LogP contribution < -0.4 is 0 Å². The lowest BCUT2D eigenvalue weighted by atomic mass is 9.92. The van der Waals surface area contributed by atoms with E-state index in [-0.39, 0.29) is 0 Å². The van der Waals surface area contributed by atoms with E-state index in [2.05, 4.69) is 188 Å². The molecular weight excluding hydrogens is 703 g/mol. The lowest BCUT2D eigenvalue weighted by molar-refractivity contribution is 1.37. The second-order valence-electron chi connectivity index (χ2n) is 15.2. The van der Waals surface area contributed by atoms with Gasteiger partial charge in [-0.1, -0.05) is 170 Å². The summed E-state index contributed by atoms with van der Waals surface area (Å²) in [4.78, 5) is 15.6. The smallest absolute Gasteiger partial charge is 0.0972 e. The maximum Gasteiger partial charge on any atom is 0.0972 e. The fourth-order valence-electron chi connectivity index (χ4n) is 8.95. The Morgan fingerprint density at radius 3 is 1.60 bits per heavy atom. The molecule has 268 valence electrons. The number of aromatic nitrogens is 3. The van der Waals surface area contributed by atoms with Gasteiger partial charge in [0.2, 0.25) is 0 Å². The molecule has 0 aliphatic carbocycles. The minimum atomic E-state index is 0.916. The summed E-state index contributed by atoms with van der Waals surface area (Å²) >= 11 is 0. The monoisotopic (exact) mass is 735 g/mol. The summed E-state index contributed by atoms with van der Waals surface area (Å²) in [7, 11) is 0. The Morgan fingerprint density at radius 2 is 0.810 bits per heavy atom. The first-order valence-electron chi connectivity index (χ1n) is 19.8. The Bertz CT molecular complexity index is 3610. The van der Waals surface area contributed by atoms with Crippen molar-refractivity contribution in [2.45, 2.75) is 0 Å². The number of fused-ring (bicyclic) bond motifs is 12. The molecule has 0 N–H and O–H groups in total. The van der Waals surface area contributed by atoms with Gasteiger partial charge in [0.15, 0.2) is 0 Å². The van der Waals surface area contributed by atoms with Gasteiger partial charge in [-0.2, -0.15) is 0 Å². The Morgan fingerprint density at radius 1 is 0.276 bits per heavy atom. The van der Waals surface area contributed by atoms with Gasteiger partial charge in [-0.15, -0.1) is 0 Å². The van der Waals surface area contributed by atoms with Crippen LogP contribution in [0.2, 0.25) is 0 Å². The second-order valence-corrected chi connectivity index (χ2v) is 15.2. The summed E-state index contributed by atoms with van der Waals surface area (Å²) in [6.07, 6.45) is 1.96. The van der Waals surface area contributed by atoms with Crippen LogP contribution in [0.15, 0.2) is 200 Å². The summed E-state index contributed by atoms with van der Waals surface area (Å²) in [5, 5.41) is 13.0. The Labute approximate surface area is 334 Å². The summed E-state index contributed by atoms with van der Waals surface area (Å²) < 4.78 is 0. The lowest BCUT2D eigenvalue weighted by Crippen LogP contribution is -1.92. The molecule has 3 heterocycles. The SMILES string of the molecule is c1ccc(-c2cnc3c(ccc4ccc(-c5ccc6ccc(-c7ccc(-c8nc9c%10ccccc%10c%10ccccc%10c9c9ccccc89)cc7)cc6c5)nc43)c2)cc1. The van der Waals surface area contributed by atoms with Gasteiger partial charge in [-0.3, -0.25) is 4.98 Å². The van der Waals surface area contributed by atoms with Crippen LogP contribution in [0.4, 0.5) is 0 Å². The summed E-state index contributed by atoms with van der Waals surface area (Å²) in [6, 6.07) is 69.5. The molecule has 0 saturated heterocycles. The number of hydrogen-bond acceptors (Lipinski definition) is 3. The van der Waals surface area contributed by atoms with E-state index in [9.17, 15) is 0 Å². The van der Waals surface area contributed by atoms with Crippen molar-refractivity contribution in [3.8, 4) is 44.8 Å². The first-order valence-corrected chi connectivity index (χ1v) is 19.8. The van der Waals surface area contributed by atoms with Gasteiger partial charge in [0, 0.05) is 49.8 Å². The predicted molar refractivity (Wildman–Crippen MR) is 244 cm³/mol. The molecule has 0 bridgehead atoms. The van der Waals surface area contributed by atoms with Crippen LogP contribution in [0.25, 0.3) is 121 Å². The topological polar surface area (TPSA) is 38.7 Å². The minimum Gasteiger partial charge on any atom is -0.253 e. The highest BCUT2D eigenvalue weighted by atomic mass is 14.8. The molecule has 3 heteroatoms. The fraction of sp³-hybridized carbons (Fsp3) is 0. The molecule has 0 unspecified atom stereocenters. The van der Waals surface area contributed by atoms with Crippen LogP contribution in [0, 0.1) is 0 Å². The zero-order valence-corrected chi connectivity index (χ0v) is 31.4. The fourth-order valence-corrected chi connectivity index (χ4v) is 8.95. The third kappa shape index (κ3) is 5.18. The predicted octanol–water partition coefficient (Wildman–Crippen LogP) is 14.6. The summed E-state index contributed by atoms with van der Waals surface area (Å²) in [5.41, 5.74) is 11.6. The average Bonchev–Trinajstić information content (AvgIpc) is 3.30. The molecule has 0 fully saturated rings. The third-order valence-corrected chi connectivity index (χ3v) is 11.8. The van der Waals surface area contributed by atoms with E-state index in [1.54, 1.807) is 0 Å². The maximum atomic E-state index is 5.48. The van der Waals surface area contributed by atoms with Gasteiger partial charge in [0.05, 0.1) is 27.9 Å². The van der Waals surface area contributed by atoms with E-state index in [1.165, 1.54) is 48.7 Å². The van der Waals surface area contributed by atoms with Crippen LogP contribution in [0.3, 0.4) is 0 Å². The maximum absolute atomic E-state index is 5.48. The first-order chi connectivity index (χ1) is 28.7.